The fourth-order valence-electron chi connectivity index (χ4n) is 3.56. The minimum Gasteiger partial charge on any atom is -0.478 e. The largest absolute Gasteiger partial charge is 0.478 e. The van der Waals surface area contributed by atoms with Gasteiger partial charge in [-0.3, -0.25) is 20.0 Å². The van der Waals surface area contributed by atoms with Crippen LogP contribution in [0.25, 0.3) is 27.6 Å². The van der Waals surface area contributed by atoms with Crippen LogP contribution in [0.1, 0.15) is 10.4 Å². The molecule has 0 aliphatic rings. The highest BCUT2D eigenvalue weighted by molar-refractivity contribution is 7.12. The first kappa shape index (κ1) is 23.5. The highest BCUT2D eigenvalue weighted by Gasteiger charge is 2.20. The smallest absolute Gasteiger partial charge is 0.337 e. The number of carbonyl (C=O) groups is 1. The number of nitrogens with zero attached hydrogens (tertiary/aromatic N) is 5. The zero-order valence-corrected chi connectivity index (χ0v) is 19.6. The molecule has 0 radical (unpaired) electrons. The summed E-state index contributed by atoms with van der Waals surface area (Å²) in [5, 5.41) is 33.8. The lowest BCUT2D eigenvalue weighted by Gasteiger charge is -2.00. The van der Waals surface area contributed by atoms with E-state index in [1.54, 1.807) is 12.1 Å². The van der Waals surface area contributed by atoms with Gasteiger partial charge in [-0.25, -0.2) is 9.78 Å². The maximum atomic E-state index is 13.4. The summed E-state index contributed by atoms with van der Waals surface area (Å²) < 4.78 is 1.21. The van der Waals surface area contributed by atoms with Crippen molar-refractivity contribution in [2.75, 3.05) is 0 Å². The Kier molecular flexibility index (Phi) is 6.22. The molecule has 0 amide bonds. The second-order valence-electron chi connectivity index (χ2n) is 7.68. The zero-order valence-electron chi connectivity index (χ0n) is 18.8. The molecule has 11 nitrogen and oxygen atoms in total. The van der Waals surface area contributed by atoms with Crippen LogP contribution in [-0.4, -0.2) is 30.8 Å². The van der Waals surface area contributed by atoms with Crippen molar-refractivity contribution in [1.29, 1.82) is 0 Å². The second kappa shape index (κ2) is 9.79. The number of aromatic nitrogens is 3. The molecule has 0 aliphatic heterocycles. The van der Waals surface area contributed by atoms with E-state index in [0.29, 0.717) is 16.4 Å². The van der Waals surface area contributed by atoms with Crippen LogP contribution in [-0.2, 0) is 0 Å². The number of carboxylic acids is 1. The van der Waals surface area contributed by atoms with Gasteiger partial charge in [0.1, 0.15) is 5.69 Å². The van der Waals surface area contributed by atoms with Crippen LogP contribution < -0.4 is 5.56 Å². The van der Waals surface area contributed by atoms with Gasteiger partial charge >= 0.3 is 11.5 Å². The molecule has 2 N–H and O–H groups in total. The molecule has 2 heterocycles. The molecule has 0 fully saturated rings. The molecule has 0 aliphatic carbocycles. The Morgan fingerprint density at radius 2 is 1.68 bits per heavy atom. The average Bonchev–Trinajstić information content (AvgIpc) is 3.53. The van der Waals surface area contributed by atoms with Gasteiger partial charge in [-0.2, -0.15) is 4.68 Å². The number of H-pyrrole nitrogens is 1. The number of hydrogen-bond acceptors (Lipinski definition) is 8. The van der Waals surface area contributed by atoms with Gasteiger partial charge < -0.3 is 5.11 Å². The number of aromatic carboxylic acids is 1. The molecule has 182 valence electrons. The molecule has 37 heavy (non-hydrogen) atoms. The van der Waals surface area contributed by atoms with Crippen molar-refractivity contribution in [2.24, 2.45) is 10.2 Å². The number of non-ortho nitro benzene ring substituents is 1. The number of carboxylic acid groups (broad SMARTS) is 1. The van der Waals surface area contributed by atoms with Crippen LogP contribution in [0.4, 0.5) is 17.1 Å². The average molecular weight is 513 g/mol. The number of thiazole rings is 1. The molecular weight excluding hydrogens is 496 g/mol. The molecule has 0 atom stereocenters. The summed E-state index contributed by atoms with van der Waals surface area (Å²) >= 11 is 1.24. The van der Waals surface area contributed by atoms with E-state index in [2.05, 4.69) is 20.3 Å². The number of nitrogens with one attached hydrogen (secondary N) is 1. The van der Waals surface area contributed by atoms with E-state index in [-0.39, 0.29) is 28.3 Å². The van der Waals surface area contributed by atoms with Crippen LogP contribution in [0.2, 0.25) is 0 Å². The number of nitro groups is 1. The van der Waals surface area contributed by atoms with Crippen molar-refractivity contribution in [3.63, 3.8) is 0 Å². The minimum absolute atomic E-state index is 0.0670. The van der Waals surface area contributed by atoms with Gasteiger partial charge in [0.15, 0.2) is 5.69 Å². The molecule has 12 heteroatoms. The summed E-state index contributed by atoms with van der Waals surface area (Å²) in [5.41, 5.74) is 1.45. The molecule has 0 spiro atoms. The normalized spacial score (nSPS) is 11.1. The third-order valence-corrected chi connectivity index (χ3v) is 6.20. The van der Waals surface area contributed by atoms with Crippen molar-refractivity contribution in [3.05, 3.63) is 110 Å². The van der Waals surface area contributed by atoms with E-state index in [9.17, 15) is 24.8 Å². The van der Waals surface area contributed by atoms with Gasteiger partial charge in [0.25, 0.3) is 5.69 Å². The van der Waals surface area contributed by atoms with Crippen LogP contribution in [0.3, 0.4) is 0 Å². The first-order valence-electron chi connectivity index (χ1n) is 10.8. The first-order valence-corrected chi connectivity index (χ1v) is 11.7. The lowest BCUT2D eigenvalue weighted by molar-refractivity contribution is -0.384. The lowest BCUT2D eigenvalue weighted by Crippen LogP contribution is -2.13. The Morgan fingerprint density at radius 1 is 0.973 bits per heavy atom. The Labute approximate surface area is 212 Å². The summed E-state index contributed by atoms with van der Waals surface area (Å²) in [6.45, 7) is 0. The third-order valence-electron chi connectivity index (χ3n) is 5.38. The summed E-state index contributed by atoms with van der Waals surface area (Å²) in [5.74, 6) is -1.19. The van der Waals surface area contributed by atoms with Crippen LogP contribution >= 0.6 is 11.3 Å². The molecule has 0 saturated carbocycles. The number of rotatable bonds is 7. The van der Waals surface area contributed by atoms with Crippen LogP contribution in [0, 0.1) is 10.1 Å². The Hall–Kier alpha value is -5.23. The summed E-state index contributed by atoms with van der Waals surface area (Å²) in [6.07, 6.45) is 0. The van der Waals surface area contributed by atoms with E-state index in [1.807, 2.05) is 35.7 Å². The number of azo groups is 1. The fraction of sp³-hybridized carbons (Fsp3) is 0. The predicted octanol–water partition coefficient (Wildman–Crippen LogP) is 5.98. The van der Waals surface area contributed by atoms with Crippen molar-refractivity contribution >= 4 is 34.4 Å². The minimum atomic E-state index is -1.19. The molecular formula is C25H16N6O5S. The number of benzene rings is 3. The van der Waals surface area contributed by atoms with Crippen molar-refractivity contribution in [1.82, 2.24) is 14.8 Å². The second-order valence-corrected chi connectivity index (χ2v) is 8.52. The fourth-order valence-corrected chi connectivity index (χ4v) is 4.35. The molecule has 0 unspecified atom stereocenters. The van der Waals surface area contributed by atoms with Gasteiger partial charge in [0.05, 0.1) is 21.9 Å². The summed E-state index contributed by atoms with van der Waals surface area (Å²) in [6, 6.07) is 21.1. The monoisotopic (exact) mass is 512 g/mol. The highest BCUT2D eigenvalue weighted by Crippen LogP contribution is 2.31. The zero-order chi connectivity index (χ0) is 25.9. The molecule has 3 aromatic carbocycles. The predicted molar refractivity (Wildman–Crippen MR) is 137 cm³/mol. The van der Waals surface area contributed by atoms with E-state index >= 15 is 0 Å². The SMILES string of the molecule is O=C(O)c1ccccc1N=Nc1c(-c2ccc([N+](=O)[O-])cc2)[nH]n(-c2nc(-c3ccccc3)cs2)c1=O. The molecule has 5 aromatic rings. The summed E-state index contributed by atoms with van der Waals surface area (Å²) in [7, 11) is 0. The Bertz CT molecular complexity index is 1700. The van der Waals surface area contributed by atoms with E-state index in [4.69, 9.17) is 0 Å². The number of hydrogen-bond donors (Lipinski definition) is 2. The molecule has 2 aromatic heterocycles. The van der Waals surface area contributed by atoms with Gasteiger partial charge in [0, 0.05) is 28.6 Å². The third kappa shape index (κ3) is 4.68. The van der Waals surface area contributed by atoms with Gasteiger partial charge in [-0.15, -0.1) is 21.6 Å². The van der Waals surface area contributed by atoms with E-state index < -0.39 is 16.5 Å². The van der Waals surface area contributed by atoms with Crippen molar-refractivity contribution in [2.45, 2.75) is 0 Å². The molecule has 0 bridgehead atoms. The quantitative estimate of drug-likeness (QED) is 0.155. The highest BCUT2D eigenvalue weighted by atomic mass is 32.1. The van der Waals surface area contributed by atoms with Crippen molar-refractivity contribution in [3.8, 4) is 27.6 Å². The van der Waals surface area contributed by atoms with Gasteiger partial charge in [-0.1, -0.05) is 42.5 Å². The van der Waals surface area contributed by atoms with E-state index in [1.165, 1.54) is 52.4 Å². The van der Waals surface area contributed by atoms with Crippen LogP contribution in [0.15, 0.2) is 99.3 Å². The van der Waals surface area contributed by atoms with Gasteiger partial charge in [-0.05, 0) is 24.3 Å². The molecule has 0 saturated heterocycles. The van der Waals surface area contributed by atoms with Crippen LogP contribution in [0.5, 0.6) is 0 Å². The summed E-state index contributed by atoms with van der Waals surface area (Å²) in [4.78, 5) is 40.1. The maximum absolute atomic E-state index is 13.4. The Morgan fingerprint density at radius 3 is 2.38 bits per heavy atom. The van der Waals surface area contributed by atoms with Gasteiger partial charge in [0.2, 0.25) is 5.13 Å². The van der Waals surface area contributed by atoms with Crippen molar-refractivity contribution < 1.29 is 14.8 Å². The maximum Gasteiger partial charge on any atom is 0.337 e. The molecule has 5 rings (SSSR count). The first-order chi connectivity index (χ1) is 17.9. The number of aromatic amines is 1. The topological polar surface area (TPSA) is 156 Å². The number of nitro benzene ring substituents is 1. The lowest BCUT2D eigenvalue weighted by atomic mass is 10.1. The Balaban J connectivity index is 1.63. The standard InChI is InChI=1S/C25H16N6O5S/c32-23-22(28-27-19-9-5-4-8-18(19)24(33)34)21(16-10-12-17(13-11-16)31(35)36)29-30(23)25-26-20(14-37-25)15-6-2-1-3-7-15/h1-14,29H,(H,33,34). The van der Waals surface area contributed by atoms with E-state index in [0.717, 1.165) is 5.56 Å².